The number of Topliss-reactive ketones (excluding diaryl/α,β-unsaturated/α-hetero) is 1. The number of hydrogen-bond donors (Lipinski definition) is 4. The van der Waals surface area contributed by atoms with Crippen LogP contribution in [0.2, 0.25) is 0 Å². The highest BCUT2D eigenvalue weighted by Crippen LogP contribution is 1.98. The third-order valence-corrected chi connectivity index (χ3v) is 3.15. The van der Waals surface area contributed by atoms with E-state index in [1.807, 2.05) is 0 Å². The molecule has 10 heteroatoms. The average Bonchev–Trinajstić information content (AvgIpc) is 2.56. The van der Waals surface area contributed by atoms with E-state index in [4.69, 9.17) is 14.6 Å². The maximum atomic E-state index is 12.1. The van der Waals surface area contributed by atoms with E-state index in [1.54, 1.807) is 7.05 Å². The van der Waals surface area contributed by atoms with Crippen LogP contribution < -0.4 is 16.0 Å². The van der Waals surface area contributed by atoms with Gasteiger partial charge in [0.05, 0.1) is 33.0 Å². The average molecular weight is 375 g/mol. The van der Waals surface area contributed by atoms with Gasteiger partial charge in [-0.25, -0.2) is 0 Å². The van der Waals surface area contributed by atoms with Gasteiger partial charge in [0.2, 0.25) is 11.8 Å². The predicted octanol–water partition coefficient (Wildman–Crippen LogP) is -1.32. The van der Waals surface area contributed by atoms with E-state index in [0.717, 1.165) is 0 Å². The summed E-state index contributed by atoms with van der Waals surface area (Å²) < 4.78 is 10.5. The molecule has 0 saturated carbocycles. The van der Waals surface area contributed by atoms with Crippen LogP contribution in [0.3, 0.4) is 0 Å². The van der Waals surface area contributed by atoms with Gasteiger partial charge in [-0.1, -0.05) is 0 Å². The number of nitrogens with one attached hydrogen (secondary N) is 3. The molecule has 0 heterocycles. The SMILES string of the molecule is CNCC(=O)NC(CCC(=O)O)C(=O)NCCOCCOCCC(C)=O. The van der Waals surface area contributed by atoms with Crippen molar-refractivity contribution in [1.82, 2.24) is 16.0 Å². The fourth-order valence-electron chi connectivity index (χ4n) is 1.85. The number of carboxylic acid groups (broad SMARTS) is 1. The fraction of sp³-hybridized carbons (Fsp3) is 0.750. The number of ketones is 1. The van der Waals surface area contributed by atoms with Crippen LogP contribution in [0.5, 0.6) is 0 Å². The van der Waals surface area contributed by atoms with Gasteiger partial charge in [-0.2, -0.15) is 0 Å². The first-order valence-electron chi connectivity index (χ1n) is 8.45. The molecule has 0 spiro atoms. The monoisotopic (exact) mass is 375 g/mol. The molecule has 4 N–H and O–H groups in total. The van der Waals surface area contributed by atoms with E-state index in [-0.39, 0.29) is 38.3 Å². The smallest absolute Gasteiger partial charge is 0.303 e. The number of carboxylic acids is 1. The Hall–Kier alpha value is -2.04. The van der Waals surface area contributed by atoms with Crippen LogP contribution in [0, 0.1) is 0 Å². The summed E-state index contributed by atoms with van der Waals surface area (Å²) in [6.07, 6.45) is 0.139. The lowest BCUT2D eigenvalue weighted by atomic mass is 10.1. The summed E-state index contributed by atoms with van der Waals surface area (Å²) in [6, 6.07) is -0.915. The Bertz CT molecular complexity index is 457. The molecule has 0 rings (SSSR count). The molecule has 150 valence electrons. The minimum absolute atomic E-state index is 0.00146. The van der Waals surface area contributed by atoms with Gasteiger partial charge >= 0.3 is 5.97 Å². The number of likely N-dealkylation sites (N-methyl/N-ethyl adjacent to an activating group) is 1. The number of ether oxygens (including phenoxy) is 2. The van der Waals surface area contributed by atoms with Crippen molar-refractivity contribution in [2.75, 3.05) is 46.6 Å². The molecule has 10 nitrogen and oxygen atoms in total. The standard InChI is InChI=1S/C16H29N3O7/c1-12(20)5-7-25-9-10-26-8-6-18-16(24)13(3-4-15(22)23)19-14(21)11-17-2/h13,17H,3-11H2,1-2H3,(H,18,24)(H,19,21)(H,22,23). The maximum Gasteiger partial charge on any atom is 0.303 e. The van der Waals surface area contributed by atoms with Crippen LogP contribution in [0.4, 0.5) is 0 Å². The summed E-state index contributed by atoms with van der Waals surface area (Å²) in [5.74, 6) is -1.83. The molecule has 0 radical (unpaired) electrons. The molecule has 0 aliphatic heterocycles. The third-order valence-electron chi connectivity index (χ3n) is 3.15. The van der Waals surface area contributed by atoms with E-state index in [2.05, 4.69) is 16.0 Å². The van der Waals surface area contributed by atoms with Crippen molar-refractivity contribution < 1.29 is 33.8 Å². The normalized spacial score (nSPS) is 11.6. The molecule has 1 unspecified atom stereocenters. The molecule has 0 aliphatic carbocycles. The second-order valence-corrected chi connectivity index (χ2v) is 5.55. The minimum atomic E-state index is -1.04. The number of amides is 2. The second-order valence-electron chi connectivity index (χ2n) is 5.55. The summed E-state index contributed by atoms with van der Waals surface area (Å²) >= 11 is 0. The van der Waals surface area contributed by atoms with Gasteiger partial charge < -0.3 is 30.5 Å². The van der Waals surface area contributed by atoms with Crippen molar-refractivity contribution in [2.45, 2.75) is 32.2 Å². The van der Waals surface area contributed by atoms with Gasteiger partial charge in [0.15, 0.2) is 0 Å². The fourth-order valence-corrected chi connectivity index (χ4v) is 1.85. The minimum Gasteiger partial charge on any atom is -0.481 e. The highest BCUT2D eigenvalue weighted by Gasteiger charge is 2.21. The van der Waals surface area contributed by atoms with Gasteiger partial charge in [-0.3, -0.25) is 19.2 Å². The zero-order chi connectivity index (χ0) is 19.8. The lowest BCUT2D eigenvalue weighted by molar-refractivity contribution is -0.138. The first-order valence-corrected chi connectivity index (χ1v) is 8.45. The van der Waals surface area contributed by atoms with E-state index in [9.17, 15) is 19.2 Å². The topological polar surface area (TPSA) is 143 Å². The Kier molecular flexibility index (Phi) is 14.0. The summed E-state index contributed by atoms with van der Waals surface area (Å²) in [4.78, 5) is 45.1. The highest BCUT2D eigenvalue weighted by atomic mass is 16.5. The van der Waals surface area contributed by atoms with E-state index < -0.39 is 23.8 Å². The molecule has 0 aromatic rings. The molecular weight excluding hydrogens is 346 g/mol. The molecule has 0 saturated heterocycles. The summed E-state index contributed by atoms with van der Waals surface area (Å²) in [5.41, 5.74) is 0. The molecule has 0 bridgehead atoms. The van der Waals surface area contributed by atoms with Crippen molar-refractivity contribution in [3.63, 3.8) is 0 Å². The summed E-state index contributed by atoms with van der Waals surface area (Å²) in [7, 11) is 1.59. The molecular formula is C16H29N3O7. The molecule has 26 heavy (non-hydrogen) atoms. The molecule has 1 atom stereocenters. The van der Waals surface area contributed by atoms with Crippen LogP contribution in [-0.4, -0.2) is 81.3 Å². The van der Waals surface area contributed by atoms with Crippen molar-refractivity contribution in [3.8, 4) is 0 Å². The Morgan fingerprint density at radius 1 is 1.00 bits per heavy atom. The number of aliphatic carboxylic acids is 1. The van der Waals surface area contributed by atoms with Crippen molar-refractivity contribution in [1.29, 1.82) is 0 Å². The van der Waals surface area contributed by atoms with Crippen LogP contribution in [0.25, 0.3) is 0 Å². The molecule has 2 amide bonds. The number of carbonyl (C=O) groups excluding carboxylic acids is 3. The second kappa shape index (κ2) is 15.2. The third kappa shape index (κ3) is 14.3. The van der Waals surface area contributed by atoms with Gasteiger partial charge in [0, 0.05) is 19.4 Å². The largest absolute Gasteiger partial charge is 0.481 e. The van der Waals surface area contributed by atoms with Crippen LogP contribution >= 0.6 is 0 Å². The summed E-state index contributed by atoms with van der Waals surface area (Å²) in [6.45, 7) is 3.03. The molecule has 0 aromatic heterocycles. The van der Waals surface area contributed by atoms with Crippen molar-refractivity contribution >= 4 is 23.6 Å². The predicted molar refractivity (Wildman–Crippen MR) is 92.7 cm³/mol. The van der Waals surface area contributed by atoms with Crippen LogP contribution in [-0.2, 0) is 28.7 Å². The van der Waals surface area contributed by atoms with Gasteiger partial charge in [0.25, 0.3) is 0 Å². The van der Waals surface area contributed by atoms with Crippen molar-refractivity contribution in [2.24, 2.45) is 0 Å². The Labute approximate surface area is 153 Å². The Morgan fingerprint density at radius 3 is 2.23 bits per heavy atom. The van der Waals surface area contributed by atoms with Gasteiger partial charge in [-0.15, -0.1) is 0 Å². The highest BCUT2D eigenvalue weighted by molar-refractivity contribution is 5.88. The van der Waals surface area contributed by atoms with Gasteiger partial charge in [-0.05, 0) is 20.4 Å². The number of carbonyl (C=O) groups is 4. The zero-order valence-corrected chi connectivity index (χ0v) is 15.3. The van der Waals surface area contributed by atoms with Crippen LogP contribution in [0.15, 0.2) is 0 Å². The van der Waals surface area contributed by atoms with Crippen LogP contribution in [0.1, 0.15) is 26.2 Å². The molecule has 0 aliphatic rings. The lowest BCUT2D eigenvalue weighted by Crippen LogP contribution is -2.49. The Balaban J connectivity index is 3.98. The molecule has 0 aromatic carbocycles. The van der Waals surface area contributed by atoms with E-state index in [0.29, 0.717) is 26.2 Å². The number of hydrogen-bond acceptors (Lipinski definition) is 7. The van der Waals surface area contributed by atoms with E-state index in [1.165, 1.54) is 6.92 Å². The zero-order valence-electron chi connectivity index (χ0n) is 15.3. The lowest BCUT2D eigenvalue weighted by Gasteiger charge is -2.17. The number of rotatable bonds is 16. The first kappa shape index (κ1) is 24.0. The quantitative estimate of drug-likeness (QED) is 0.243. The van der Waals surface area contributed by atoms with E-state index >= 15 is 0 Å². The van der Waals surface area contributed by atoms with Gasteiger partial charge in [0.1, 0.15) is 11.8 Å². The summed E-state index contributed by atoms with van der Waals surface area (Å²) in [5, 5.41) is 16.5. The molecule has 0 fully saturated rings. The maximum absolute atomic E-state index is 12.1. The van der Waals surface area contributed by atoms with Crippen molar-refractivity contribution in [3.05, 3.63) is 0 Å². The first-order chi connectivity index (χ1) is 12.4. The Morgan fingerprint density at radius 2 is 1.65 bits per heavy atom.